The van der Waals surface area contributed by atoms with E-state index < -0.39 is 12.2 Å². The average molecular weight is 147 g/mol. The lowest BCUT2D eigenvalue weighted by atomic mass is 10.1. The summed E-state index contributed by atoms with van der Waals surface area (Å²) in [5.74, 6) is -0.245. The molecule has 1 unspecified atom stereocenters. The molecular weight excluding hydrogens is 134 g/mol. The minimum atomic E-state index is -0.864. The molecule has 10 heavy (non-hydrogen) atoms. The van der Waals surface area contributed by atoms with Gasteiger partial charge in [0.1, 0.15) is 0 Å². The topological polar surface area (TPSA) is 86.7 Å². The molecule has 0 heterocycles. The van der Waals surface area contributed by atoms with Crippen LogP contribution in [-0.4, -0.2) is 40.2 Å². The Hall–Kier alpha value is -0.160. The van der Waals surface area contributed by atoms with Crippen molar-refractivity contribution < 1.29 is 15.3 Å². The first-order valence-electron chi connectivity index (χ1n) is 3.39. The van der Waals surface area contributed by atoms with Gasteiger partial charge in [-0.05, 0) is 6.42 Å². The highest BCUT2D eigenvalue weighted by molar-refractivity contribution is 4.92. The molecule has 1 aliphatic carbocycles. The van der Waals surface area contributed by atoms with E-state index in [1.807, 2.05) is 0 Å². The van der Waals surface area contributed by atoms with Crippen LogP contribution in [0.25, 0.3) is 0 Å². The molecule has 1 aliphatic rings. The molecular formula is C6H13NO3. The van der Waals surface area contributed by atoms with E-state index in [1.165, 1.54) is 0 Å². The molecule has 0 aromatic heterocycles. The lowest BCUT2D eigenvalue weighted by molar-refractivity contribution is 0.00300. The molecule has 1 fully saturated rings. The van der Waals surface area contributed by atoms with Gasteiger partial charge >= 0.3 is 0 Å². The van der Waals surface area contributed by atoms with Crippen LogP contribution in [0.4, 0.5) is 0 Å². The molecule has 1 rings (SSSR count). The first-order valence-corrected chi connectivity index (χ1v) is 3.39. The highest BCUT2D eigenvalue weighted by Gasteiger charge is 2.38. The van der Waals surface area contributed by atoms with Crippen LogP contribution in [0.3, 0.4) is 0 Å². The minimum absolute atomic E-state index is 0.105. The number of hydrogen-bond donors (Lipinski definition) is 4. The number of aliphatic hydroxyl groups excluding tert-OH is 3. The minimum Gasteiger partial charge on any atom is -0.396 e. The van der Waals surface area contributed by atoms with E-state index in [0.717, 1.165) is 0 Å². The summed E-state index contributed by atoms with van der Waals surface area (Å²) in [5, 5.41) is 26.9. The fourth-order valence-electron chi connectivity index (χ4n) is 1.34. The predicted octanol–water partition coefficient (Wildman–Crippen LogP) is -1.95. The van der Waals surface area contributed by atoms with Gasteiger partial charge in [0.15, 0.2) is 0 Å². The van der Waals surface area contributed by atoms with Crippen molar-refractivity contribution in [2.75, 3.05) is 6.61 Å². The van der Waals surface area contributed by atoms with Gasteiger partial charge in [-0.3, -0.25) is 0 Å². The van der Waals surface area contributed by atoms with Crippen molar-refractivity contribution in [3.05, 3.63) is 0 Å². The largest absolute Gasteiger partial charge is 0.396 e. The van der Waals surface area contributed by atoms with E-state index in [0.29, 0.717) is 6.42 Å². The lowest BCUT2D eigenvalue weighted by Crippen LogP contribution is -2.35. The van der Waals surface area contributed by atoms with Crippen LogP contribution in [0.15, 0.2) is 0 Å². The van der Waals surface area contributed by atoms with Crippen molar-refractivity contribution in [1.82, 2.24) is 0 Å². The maximum Gasteiger partial charge on any atom is 0.0953 e. The summed E-state index contributed by atoms with van der Waals surface area (Å²) in [5.41, 5.74) is 5.41. The molecule has 5 N–H and O–H groups in total. The molecule has 4 nitrogen and oxygen atoms in total. The van der Waals surface area contributed by atoms with Crippen molar-refractivity contribution >= 4 is 0 Å². The molecule has 0 radical (unpaired) electrons. The maximum absolute atomic E-state index is 9.14. The van der Waals surface area contributed by atoms with Crippen molar-refractivity contribution in [2.24, 2.45) is 11.7 Å². The van der Waals surface area contributed by atoms with Crippen molar-refractivity contribution in [3.8, 4) is 0 Å². The summed E-state index contributed by atoms with van der Waals surface area (Å²) in [7, 11) is 0. The SMILES string of the molecule is N[C@@H]1CC(CO)[C@@H](O)[C@@H]1O. The van der Waals surface area contributed by atoms with E-state index in [2.05, 4.69) is 0 Å². The van der Waals surface area contributed by atoms with Gasteiger partial charge in [-0.25, -0.2) is 0 Å². The summed E-state index contributed by atoms with van der Waals surface area (Å²) in [6.07, 6.45) is -1.21. The van der Waals surface area contributed by atoms with E-state index in [1.54, 1.807) is 0 Å². The highest BCUT2D eigenvalue weighted by Crippen LogP contribution is 2.24. The molecule has 0 aromatic rings. The van der Waals surface area contributed by atoms with E-state index in [-0.39, 0.29) is 18.6 Å². The first kappa shape index (κ1) is 7.94. The summed E-state index contributed by atoms with van der Waals surface area (Å²) in [4.78, 5) is 0. The van der Waals surface area contributed by atoms with Crippen LogP contribution in [0.1, 0.15) is 6.42 Å². The number of rotatable bonds is 1. The Kier molecular flexibility index (Phi) is 2.25. The Morgan fingerprint density at radius 2 is 1.90 bits per heavy atom. The van der Waals surface area contributed by atoms with Crippen LogP contribution < -0.4 is 5.73 Å². The van der Waals surface area contributed by atoms with Crippen molar-refractivity contribution in [3.63, 3.8) is 0 Å². The van der Waals surface area contributed by atoms with Gasteiger partial charge in [0.05, 0.1) is 12.2 Å². The van der Waals surface area contributed by atoms with E-state index >= 15 is 0 Å². The quantitative estimate of drug-likeness (QED) is 0.347. The van der Waals surface area contributed by atoms with E-state index in [4.69, 9.17) is 21.1 Å². The van der Waals surface area contributed by atoms with Gasteiger partial charge in [-0.15, -0.1) is 0 Å². The van der Waals surface area contributed by atoms with Gasteiger partial charge in [-0.2, -0.15) is 0 Å². The third-order valence-corrected chi connectivity index (χ3v) is 2.08. The Morgan fingerprint density at radius 3 is 2.10 bits per heavy atom. The van der Waals surface area contributed by atoms with Gasteiger partial charge < -0.3 is 21.1 Å². The number of aliphatic hydroxyl groups is 3. The molecule has 0 spiro atoms. The number of nitrogens with two attached hydrogens (primary N) is 1. The third-order valence-electron chi connectivity index (χ3n) is 2.08. The zero-order valence-corrected chi connectivity index (χ0v) is 5.64. The summed E-state index contributed by atoms with van der Waals surface area (Å²) in [6.45, 7) is -0.105. The second kappa shape index (κ2) is 2.84. The van der Waals surface area contributed by atoms with Crippen LogP contribution in [-0.2, 0) is 0 Å². The Bertz CT molecular complexity index is 120. The van der Waals surface area contributed by atoms with Crippen LogP contribution in [0, 0.1) is 5.92 Å². The predicted molar refractivity (Wildman–Crippen MR) is 35.2 cm³/mol. The normalized spacial score (nSPS) is 48.0. The standard InChI is InChI=1S/C6H13NO3/c7-4-1-3(2-8)5(9)6(4)10/h3-6,8-10H,1-2,7H2/t3?,4-,5-,6-/m1/s1. The maximum atomic E-state index is 9.14. The molecule has 4 heteroatoms. The molecule has 0 aliphatic heterocycles. The molecule has 0 amide bonds. The smallest absolute Gasteiger partial charge is 0.0953 e. The molecule has 1 saturated carbocycles. The molecule has 0 saturated heterocycles. The zero-order valence-electron chi connectivity index (χ0n) is 5.64. The molecule has 0 bridgehead atoms. The van der Waals surface area contributed by atoms with Crippen LogP contribution in [0.2, 0.25) is 0 Å². The second-order valence-electron chi connectivity index (χ2n) is 2.82. The fraction of sp³-hybridized carbons (Fsp3) is 1.00. The van der Waals surface area contributed by atoms with E-state index in [9.17, 15) is 0 Å². The van der Waals surface area contributed by atoms with Gasteiger partial charge in [0, 0.05) is 18.6 Å². The Labute approximate surface area is 59.3 Å². The zero-order chi connectivity index (χ0) is 7.72. The highest BCUT2D eigenvalue weighted by atomic mass is 16.3. The van der Waals surface area contributed by atoms with Crippen molar-refractivity contribution in [2.45, 2.75) is 24.7 Å². The molecule has 60 valence electrons. The summed E-state index contributed by atoms with van der Waals surface area (Å²) in [6, 6.07) is -0.382. The van der Waals surface area contributed by atoms with Crippen molar-refractivity contribution in [1.29, 1.82) is 0 Å². The monoisotopic (exact) mass is 147 g/mol. The van der Waals surface area contributed by atoms with Crippen LogP contribution in [0.5, 0.6) is 0 Å². The Morgan fingerprint density at radius 1 is 1.30 bits per heavy atom. The lowest BCUT2D eigenvalue weighted by Gasteiger charge is -2.13. The molecule has 4 atom stereocenters. The van der Waals surface area contributed by atoms with Crippen LogP contribution >= 0.6 is 0 Å². The average Bonchev–Trinajstić information content (AvgIpc) is 2.17. The van der Waals surface area contributed by atoms with Gasteiger partial charge in [0.2, 0.25) is 0 Å². The third kappa shape index (κ3) is 1.15. The summed E-state index contributed by atoms with van der Waals surface area (Å²) < 4.78 is 0. The first-order chi connectivity index (χ1) is 4.66. The Balaban J connectivity index is 2.53. The molecule has 0 aromatic carbocycles. The second-order valence-corrected chi connectivity index (χ2v) is 2.82. The van der Waals surface area contributed by atoms with Gasteiger partial charge in [0.25, 0.3) is 0 Å². The number of hydrogen-bond acceptors (Lipinski definition) is 4. The van der Waals surface area contributed by atoms with Gasteiger partial charge in [-0.1, -0.05) is 0 Å². The fourth-order valence-corrected chi connectivity index (χ4v) is 1.34. The summed E-state index contributed by atoms with van der Waals surface area (Å²) >= 11 is 0.